The van der Waals surface area contributed by atoms with Gasteiger partial charge in [-0.3, -0.25) is 19.7 Å². The highest BCUT2D eigenvalue weighted by Crippen LogP contribution is 2.32. The number of carbonyl (C=O) groups is 2. The summed E-state index contributed by atoms with van der Waals surface area (Å²) in [6.07, 6.45) is 0.339. The Labute approximate surface area is 96.5 Å². The summed E-state index contributed by atoms with van der Waals surface area (Å²) in [5, 5.41) is 13.1. The topological polar surface area (TPSA) is 98.5 Å². The molecule has 0 aromatic heterocycles. The Morgan fingerprint density at radius 2 is 2.18 bits per heavy atom. The normalized spacial score (nSPS) is 9.53. The van der Waals surface area contributed by atoms with Crippen molar-refractivity contribution in [1.29, 1.82) is 0 Å². The highest BCUT2D eigenvalue weighted by Gasteiger charge is 2.22. The number of carbonyl (C=O) groups excluding carboxylic acids is 2. The van der Waals surface area contributed by atoms with Crippen molar-refractivity contribution in [2.45, 2.75) is 6.92 Å². The summed E-state index contributed by atoms with van der Waals surface area (Å²) in [7, 11) is 1.35. The number of hydrogen-bond donors (Lipinski definition) is 1. The number of rotatable bonds is 4. The number of aldehydes is 1. The van der Waals surface area contributed by atoms with Gasteiger partial charge in [-0.25, -0.2) is 0 Å². The lowest BCUT2D eigenvalue weighted by Gasteiger charge is -2.08. The molecular weight excluding hydrogens is 228 g/mol. The second kappa shape index (κ2) is 5.06. The zero-order valence-corrected chi connectivity index (χ0v) is 9.22. The van der Waals surface area contributed by atoms with E-state index in [1.807, 2.05) is 0 Å². The Morgan fingerprint density at radius 1 is 1.53 bits per heavy atom. The van der Waals surface area contributed by atoms with E-state index >= 15 is 0 Å². The van der Waals surface area contributed by atoms with Gasteiger partial charge in [0, 0.05) is 13.0 Å². The van der Waals surface area contributed by atoms with Crippen LogP contribution in [-0.4, -0.2) is 24.2 Å². The van der Waals surface area contributed by atoms with E-state index in [1.165, 1.54) is 26.2 Å². The van der Waals surface area contributed by atoms with Crippen molar-refractivity contribution in [1.82, 2.24) is 0 Å². The Balaban J connectivity index is 3.45. The molecule has 0 spiro atoms. The minimum atomic E-state index is -0.728. The van der Waals surface area contributed by atoms with Crippen molar-refractivity contribution in [3.05, 3.63) is 27.8 Å². The highest BCUT2D eigenvalue weighted by molar-refractivity contribution is 5.96. The summed E-state index contributed by atoms with van der Waals surface area (Å²) in [6, 6.07) is 2.52. The molecule has 7 nitrogen and oxygen atoms in total. The fourth-order valence-electron chi connectivity index (χ4n) is 1.33. The van der Waals surface area contributed by atoms with Gasteiger partial charge in [0.25, 0.3) is 0 Å². The first-order valence-electron chi connectivity index (χ1n) is 4.58. The van der Waals surface area contributed by atoms with Crippen LogP contribution in [-0.2, 0) is 4.79 Å². The molecule has 1 rings (SSSR count). The second-order valence-corrected chi connectivity index (χ2v) is 3.17. The van der Waals surface area contributed by atoms with Gasteiger partial charge in [0.05, 0.1) is 17.6 Å². The summed E-state index contributed by atoms with van der Waals surface area (Å²) < 4.78 is 4.88. The minimum absolute atomic E-state index is 0.0658. The van der Waals surface area contributed by atoms with Crippen LogP contribution < -0.4 is 10.1 Å². The molecule has 0 radical (unpaired) electrons. The first-order chi connectivity index (χ1) is 7.99. The zero-order valence-electron chi connectivity index (χ0n) is 9.22. The third-order valence-electron chi connectivity index (χ3n) is 1.97. The third-order valence-corrected chi connectivity index (χ3v) is 1.97. The van der Waals surface area contributed by atoms with Crippen LogP contribution in [0, 0.1) is 10.1 Å². The van der Waals surface area contributed by atoms with E-state index < -0.39 is 16.5 Å². The number of nitro benzene ring substituents is 1. The fraction of sp³-hybridized carbons (Fsp3) is 0.200. The van der Waals surface area contributed by atoms with Gasteiger partial charge in [-0.2, -0.15) is 0 Å². The number of amides is 1. The maximum Gasteiger partial charge on any atom is 0.303 e. The molecule has 0 aliphatic carbocycles. The van der Waals surface area contributed by atoms with E-state index in [4.69, 9.17) is 4.74 Å². The van der Waals surface area contributed by atoms with Gasteiger partial charge in [-0.15, -0.1) is 0 Å². The predicted octanol–water partition coefficient (Wildman–Crippen LogP) is 1.37. The number of nitrogens with zero attached hydrogens (tertiary/aromatic N) is 1. The first-order valence-corrected chi connectivity index (χ1v) is 4.58. The van der Waals surface area contributed by atoms with Gasteiger partial charge in [-0.1, -0.05) is 0 Å². The van der Waals surface area contributed by atoms with Crippen LogP contribution in [0.25, 0.3) is 0 Å². The standard InChI is InChI=1S/C10H10N2O5/c1-6(14)11-9-4-8(17-2)3-7(5-13)10(9)12(15)16/h3-5H,1-2H3,(H,11,14). The molecule has 0 atom stereocenters. The van der Waals surface area contributed by atoms with Crippen LogP contribution in [0.4, 0.5) is 11.4 Å². The molecule has 0 saturated heterocycles. The van der Waals surface area contributed by atoms with E-state index in [9.17, 15) is 19.7 Å². The summed E-state index contributed by atoms with van der Waals surface area (Å²) in [6.45, 7) is 1.21. The number of ether oxygens (including phenoxy) is 1. The van der Waals surface area contributed by atoms with Crippen molar-refractivity contribution in [2.75, 3.05) is 12.4 Å². The lowest BCUT2D eigenvalue weighted by molar-refractivity contribution is -0.384. The summed E-state index contributed by atoms with van der Waals surface area (Å²) in [4.78, 5) is 31.8. The second-order valence-electron chi connectivity index (χ2n) is 3.17. The number of nitro groups is 1. The Hall–Kier alpha value is -2.44. The summed E-state index contributed by atoms with van der Waals surface area (Å²) in [5.74, 6) is -0.223. The van der Waals surface area contributed by atoms with Gasteiger partial charge in [0.2, 0.25) is 5.91 Å². The van der Waals surface area contributed by atoms with Crippen molar-refractivity contribution in [2.24, 2.45) is 0 Å². The first kappa shape index (κ1) is 12.6. The largest absolute Gasteiger partial charge is 0.497 e. The quantitative estimate of drug-likeness (QED) is 0.485. The average molecular weight is 238 g/mol. The van der Waals surface area contributed by atoms with Crippen LogP contribution in [0.3, 0.4) is 0 Å². The van der Waals surface area contributed by atoms with Crippen LogP contribution in [0.2, 0.25) is 0 Å². The fourth-order valence-corrected chi connectivity index (χ4v) is 1.33. The van der Waals surface area contributed by atoms with Gasteiger partial charge >= 0.3 is 5.69 Å². The Morgan fingerprint density at radius 3 is 2.59 bits per heavy atom. The molecule has 0 unspecified atom stereocenters. The molecule has 1 amide bonds. The van der Waals surface area contributed by atoms with E-state index in [2.05, 4.69) is 5.32 Å². The third kappa shape index (κ3) is 2.77. The maximum atomic E-state index is 10.9. The Kier molecular flexibility index (Phi) is 3.76. The zero-order chi connectivity index (χ0) is 13.0. The molecule has 1 aromatic carbocycles. The number of methoxy groups -OCH3 is 1. The van der Waals surface area contributed by atoms with Crippen molar-refractivity contribution in [3.63, 3.8) is 0 Å². The molecule has 90 valence electrons. The lowest BCUT2D eigenvalue weighted by Crippen LogP contribution is -2.09. The molecule has 0 aliphatic rings. The van der Waals surface area contributed by atoms with Crippen molar-refractivity contribution < 1.29 is 19.2 Å². The molecule has 7 heteroatoms. The van der Waals surface area contributed by atoms with Crippen LogP contribution >= 0.6 is 0 Å². The van der Waals surface area contributed by atoms with Crippen LogP contribution in [0.1, 0.15) is 17.3 Å². The number of hydrogen-bond acceptors (Lipinski definition) is 5. The van der Waals surface area contributed by atoms with Crippen LogP contribution in [0.15, 0.2) is 12.1 Å². The predicted molar refractivity (Wildman–Crippen MR) is 59.3 cm³/mol. The van der Waals surface area contributed by atoms with E-state index in [0.717, 1.165) is 0 Å². The number of nitrogens with one attached hydrogen (secondary N) is 1. The molecule has 1 aromatic rings. The van der Waals surface area contributed by atoms with Crippen LogP contribution in [0.5, 0.6) is 5.75 Å². The molecule has 0 bridgehead atoms. The summed E-state index contributed by atoms with van der Waals surface area (Å²) >= 11 is 0. The minimum Gasteiger partial charge on any atom is -0.497 e. The monoisotopic (exact) mass is 238 g/mol. The number of benzene rings is 1. The molecule has 0 fully saturated rings. The van der Waals surface area contributed by atoms with Crippen molar-refractivity contribution in [3.8, 4) is 5.75 Å². The SMILES string of the molecule is COc1cc(C=O)c([N+](=O)[O-])c(NC(C)=O)c1. The Bertz CT molecular complexity index is 484. The van der Waals surface area contributed by atoms with Gasteiger partial charge in [0.15, 0.2) is 6.29 Å². The van der Waals surface area contributed by atoms with Gasteiger partial charge in [-0.05, 0) is 6.07 Å². The van der Waals surface area contributed by atoms with E-state index in [-0.39, 0.29) is 17.0 Å². The molecule has 0 saturated carbocycles. The van der Waals surface area contributed by atoms with E-state index in [0.29, 0.717) is 6.29 Å². The summed E-state index contributed by atoms with van der Waals surface area (Å²) in [5.41, 5.74) is -0.668. The highest BCUT2D eigenvalue weighted by atomic mass is 16.6. The molecule has 0 heterocycles. The smallest absolute Gasteiger partial charge is 0.303 e. The molecular formula is C10H10N2O5. The van der Waals surface area contributed by atoms with Crippen molar-refractivity contribution >= 4 is 23.6 Å². The van der Waals surface area contributed by atoms with E-state index in [1.54, 1.807) is 0 Å². The average Bonchev–Trinajstić information content (AvgIpc) is 2.26. The molecule has 17 heavy (non-hydrogen) atoms. The maximum absolute atomic E-state index is 10.9. The van der Waals surface area contributed by atoms with Gasteiger partial charge in [0.1, 0.15) is 11.4 Å². The number of anilines is 1. The molecule has 0 aliphatic heterocycles. The lowest BCUT2D eigenvalue weighted by atomic mass is 10.1. The molecule has 1 N–H and O–H groups in total. The van der Waals surface area contributed by atoms with Gasteiger partial charge < -0.3 is 10.1 Å².